The second kappa shape index (κ2) is 6.68. The molecule has 1 heterocycles. The van der Waals surface area contributed by atoms with Crippen molar-refractivity contribution in [2.45, 2.75) is 26.1 Å². The fourth-order valence-corrected chi connectivity index (χ4v) is 3.29. The minimum absolute atomic E-state index is 0.120. The molecule has 0 saturated heterocycles. The van der Waals surface area contributed by atoms with Crippen LogP contribution in [0.4, 0.5) is 0 Å². The van der Waals surface area contributed by atoms with Crippen molar-refractivity contribution in [2.75, 3.05) is 0 Å². The fourth-order valence-electron chi connectivity index (χ4n) is 3.29. The second-order valence-electron chi connectivity index (χ2n) is 6.03. The average molecular weight is 350 g/mol. The molecule has 130 valence electrons. The molecule has 0 saturated carbocycles. The number of hydrogen-bond donors (Lipinski definition) is 1. The molecule has 0 aliphatic rings. The molecule has 0 unspecified atom stereocenters. The maximum absolute atomic E-state index is 13.6. The first-order chi connectivity index (χ1) is 15.3. The maximum Gasteiger partial charge on any atom is 0.195 e. The molecular weight excluding hydrogens is 322 g/mol. The SMILES string of the molecule is [2H]C([2H])([2H])C([2H])([2H])C([2H])([2H])Cn1cc(C(=O)c2cccc3ccccc23)c2ccc(O)cc21. The number of ketones is 1. The number of phenols is 1. The Morgan fingerprint density at radius 2 is 1.92 bits per heavy atom. The van der Waals surface area contributed by atoms with Crippen molar-refractivity contribution < 1.29 is 19.5 Å². The summed E-state index contributed by atoms with van der Waals surface area (Å²) < 4.78 is 55.8. The lowest BCUT2D eigenvalue weighted by Crippen LogP contribution is -2.02. The average Bonchev–Trinajstić information content (AvgIpc) is 3.08. The van der Waals surface area contributed by atoms with Crippen molar-refractivity contribution in [3.05, 3.63) is 78.0 Å². The van der Waals surface area contributed by atoms with E-state index in [9.17, 15) is 9.90 Å². The van der Waals surface area contributed by atoms with Gasteiger partial charge in [-0.15, -0.1) is 0 Å². The predicted molar refractivity (Wildman–Crippen MR) is 106 cm³/mol. The number of fused-ring (bicyclic) bond motifs is 2. The highest BCUT2D eigenvalue weighted by molar-refractivity contribution is 6.21. The highest BCUT2D eigenvalue weighted by Crippen LogP contribution is 2.29. The molecule has 26 heavy (non-hydrogen) atoms. The summed E-state index contributed by atoms with van der Waals surface area (Å²) in [6.45, 7) is -3.86. The van der Waals surface area contributed by atoms with Gasteiger partial charge in [-0.05, 0) is 29.3 Å². The Labute approximate surface area is 162 Å². The number of hydrogen-bond acceptors (Lipinski definition) is 2. The van der Waals surface area contributed by atoms with Crippen molar-refractivity contribution >= 4 is 27.5 Å². The number of rotatable bonds is 5. The van der Waals surface area contributed by atoms with Crippen molar-refractivity contribution in [2.24, 2.45) is 0 Å². The van der Waals surface area contributed by atoms with Gasteiger partial charge in [-0.25, -0.2) is 0 Å². The van der Waals surface area contributed by atoms with E-state index in [1.165, 1.54) is 29.0 Å². The lowest BCUT2D eigenvalue weighted by atomic mass is 9.97. The number of benzene rings is 3. The first-order valence-electron chi connectivity index (χ1n) is 11.7. The molecule has 3 heteroatoms. The number of carbonyl (C=O) groups excluding carboxylic acids is 1. The largest absolute Gasteiger partial charge is 0.508 e. The van der Waals surface area contributed by atoms with Gasteiger partial charge in [0.15, 0.2) is 5.78 Å². The summed E-state index contributed by atoms with van der Waals surface area (Å²) in [5, 5.41) is 12.1. The van der Waals surface area contributed by atoms with Gasteiger partial charge in [0.1, 0.15) is 5.75 Å². The Morgan fingerprint density at radius 1 is 1.08 bits per heavy atom. The molecule has 0 spiro atoms. The van der Waals surface area contributed by atoms with Gasteiger partial charge in [-0.3, -0.25) is 4.79 Å². The standard InChI is InChI=1S/C23H21NO2/c1-2-3-13-24-15-21(19-12-11-17(25)14-22(19)24)23(26)20-10-6-8-16-7-4-5-9-18(16)20/h4-12,14-15,25H,2-3,13H2,1H3/i1D3,2D2,3D2. The van der Waals surface area contributed by atoms with E-state index in [0.29, 0.717) is 16.5 Å². The van der Waals surface area contributed by atoms with Gasteiger partial charge in [0, 0.05) is 44.9 Å². The molecule has 3 nitrogen and oxygen atoms in total. The highest BCUT2D eigenvalue weighted by Gasteiger charge is 2.18. The third-order valence-corrected chi connectivity index (χ3v) is 4.48. The van der Waals surface area contributed by atoms with Crippen LogP contribution < -0.4 is 0 Å². The highest BCUT2D eigenvalue weighted by atomic mass is 16.3. The minimum Gasteiger partial charge on any atom is -0.508 e. The molecule has 3 aromatic carbocycles. The first kappa shape index (κ1) is 10.2. The molecule has 0 aliphatic carbocycles. The second-order valence-corrected chi connectivity index (χ2v) is 6.03. The molecule has 0 fully saturated rings. The zero-order valence-corrected chi connectivity index (χ0v) is 13.9. The van der Waals surface area contributed by atoms with Crippen LogP contribution in [0.5, 0.6) is 5.75 Å². The monoisotopic (exact) mass is 350 g/mol. The van der Waals surface area contributed by atoms with Crippen LogP contribution in [0, 0.1) is 0 Å². The molecule has 1 aromatic heterocycles. The van der Waals surface area contributed by atoms with Crippen LogP contribution >= 0.6 is 0 Å². The van der Waals surface area contributed by atoms with E-state index in [4.69, 9.17) is 9.60 Å². The van der Waals surface area contributed by atoms with Gasteiger partial charge in [0.05, 0.1) is 5.52 Å². The van der Waals surface area contributed by atoms with E-state index in [1.807, 2.05) is 30.3 Å². The summed E-state index contributed by atoms with van der Waals surface area (Å²) in [6.07, 6.45) is -4.55. The minimum atomic E-state index is -3.19. The molecule has 0 atom stereocenters. The van der Waals surface area contributed by atoms with Crippen LogP contribution in [-0.2, 0) is 6.54 Å². The van der Waals surface area contributed by atoms with Crippen molar-refractivity contribution in [3.8, 4) is 5.75 Å². The van der Waals surface area contributed by atoms with E-state index in [2.05, 4.69) is 0 Å². The van der Waals surface area contributed by atoms with E-state index in [-0.39, 0.29) is 17.1 Å². The summed E-state index contributed by atoms with van der Waals surface area (Å²) in [5.41, 5.74) is 0.983. The smallest absolute Gasteiger partial charge is 0.195 e. The Bertz CT molecular complexity index is 1370. The van der Waals surface area contributed by atoms with E-state index >= 15 is 0 Å². The molecule has 0 amide bonds. The lowest BCUT2D eigenvalue weighted by molar-refractivity contribution is 0.104. The Kier molecular flexibility index (Phi) is 2.61. The zero-order valence-electron chi connectivity index (χ0n) is 20.9. The van der Waals surface area contributed by atoms with Crippen LogP contribution in [0.1, 0.15) is 45.1 Å². The summed E-state index contributed by atoms with van der Waals surface area (Å²) >= 11 is 0. The number of nitrogens with zero attached hydrogens (tertiary/aromatic N) is 1. The number of aromatic hydroxyl groups is 1. The molecule has 0 aliphatic heterocycles. The van der Waals surface area contributed by atoms with Gasteiger partial charge in [0.25, 0.3) is 0 Å². The third kappa shape index (κ3) is 2.76. The normalized spacial score (nSPS) is 16.8. The first-order valence-corrected chi connectivity index (χ1v) is 8.18. The molecule has 4 rings (SSSR count). The molecule has 4 aromatic rings. The predicted octanol–water partition coefficient (Wildman–Crippen LogP) is 5.53. The van der Waals surface area contributed by atoms with Gasteiger partial charge in [-0.1, -0.05) is 55.7 Å². The van der Waals surface area contributed by atoms with Crippen molar-refractivity contribution in [3.63, 3.8) is 0 Å². The Morgan fingerprint density at radius 3 is 2.81 bits per heavy atom. The van der Waals surface area contributed by atoms with Crippen LogP contribution in [0.15, 0.2) is 66.9 Å². The van der Waals surface area contributed by atoms with Gasteiger partial charge >= 0.3 is 0 Å². The summed E-state index contributed by atoms with van der Waals surface area (Å²) in [6, 6.07) is 17.0. The van der Waals surface area contributed by atoms with Gasteiger partial charge in [0.2, 0.25) is 0 Å². The van der Waals surface area contributed by atoms with Crippen LogP contribution in [0.25, 0.3) is 21.7 Å². The molecular formula is C23H21NO2. The summed E-state index contributed by atoms with van der Waals surface area (Å²) in [5.74, 6) is -0.439. The summed E-state index contributed by atoms with van der Waals surface area (Å²) in [4.78, 5) is 13.6. The zero-order chi connectivity index (χ0) is 24.2. The van der Waals surface area contributed by atoms with Crippen LogP contribution in [0.2, 0.25) is 0 Å². The molecule has 0 radical (unpaired) electrons. The Hall–Kier alpha value is -3.07. The molecule has 1 N–H and O–H groups in total. The maximum atomic E-state index is 13.6. The van der Waals surface area contributed by atoms with Gasteiger partial charge in [-0.2, -0.15) is 0 Å². The van der Waals surface area contributed by atoms with Crippen LogP contribution in [0.3, 0.4) is 0 Å². The topological polar surface area (TPSA) is 42.2 Å². The number of phenolic OH excluding ortho intramolecular Hbond substituents is 1. The van der Waals surface area contributed by atoms with Crippen molar-refractivity contribution in [1.29, 1.82) is 0 Å². The van der Waals surface area contributed by atoms with Crippen molar-refractivity contribution in [1.82, 2.24) is 4.57 Å². The van der Waals surface area contributed by atoms with E-state index < -0.39 is 26.1 Å². The van der Waals surface area contributed by atoms with E-state index in [0.717, 1.165) is 10.8 Å². The lowest BCUT2D eigenvalue weighted by Gasteiger charge is -2.05. The quantitative estimate of drug-likeness (QED) is 0.481. The van der Waals surface area contributed by atoms with Gasteiger partial charge < -0.3 is 9.67 Å². The number of aromatic nitrogens is 1. The number of carbonyl (C=O) groups is 1. The number of aryl methyl sites for hydroxylation is 1. The van der Waals surface area contributed by atoms with E-state index in [1.54, 1.807) is 12.1 Å². The molecule has 0 bridgehead atoms. The third-order valence-electron chi connectivity index (χ3n) is 4.48. The Balaban J connectivity index is 1.86. The van der Waals surface area contributed by atoms with Crippen LogP contribution in [-0.4, -0.2) is 15.5 Å². The summed E-state index contributed by atoms with van der Waals surface area (Å²) in [7, 11) is 0. The fraction of sp³-hybridized carbons (Fsp3) is 0.174.